The molecule has 0 aliphatic carbocycles. The van der Waals surface area contributed by atoms with Gasteiger partial charge in [-0.15, -0.1) is 11.8 Å². The van der Waals surface area contributed by atoms with E-state index in [1.54, 1.807) is 0 Å². The molecule has 0 rings (SSSR count). The van der Waals surface area contributed by atoms with Gasteiger partial charge in [0.05, 0.1) is 0 Å². The quantitative estimate of drug-likeness (QED) is 0.401. The third-order valence-corrected chi connectivity index (χ3v) is 6.94. The van der Waals surface area contributed by atoms with Gasteiger partial charge in [0.15, 0.2) is 0 Å². The Bertz CT molecular complexity index is 117. The van der Waals surface area contributed by atoms with Crippen LogP contribution in [0.1, 0.15) is 20.8 Å². The fraction of sp³-hybridized carbons (Fsp3) is 1.00. The Hall–Kier alpha value is 1.00. The SMILES string of the molecule is CC(C)(C)P(C)(=S)[S-]. The van der Waals surface area contributed by atoms with Crippen molar-refractivity contribution in [2.45, 2.75) is 25.9 Å². The van der Waals surface area contributed by atoms with E-state index in [4.69, 9.17) is 24.1 Å². The molecule has 0 fully saturated rings. The Kier molecular flexibility index (Phi) is 2.61. The van der Waals surface area contributed by atoms with Crippen LogP contribution in [-0.4, -0.2) is 11.8 Å². The van der Waals surface area contributed by atoms with E-state index in [1.165, 1.54) is 0 Å². The largest absolute Gasteiger partial charge is 0.746 e. The van der Waals surface area contributed by atoms with Crippen LogP contribution in [0, 0.1) is 0 Å². The Morgan fingerprint density at radius 2 is 1.50 bits per heavy atom. The van der Waals surface area contributed by atoms with E-state index in [0.717, 1.165) is 0 Å². The molecule has 0 N–H and O–H groups in total. The molecule has 1 atom stereocenters. The molecule has 0 aliphatic rings. The van der Waals surface area contributed by atoms with Crippen LogP contribution in [0.2, 0.25) is 0 Å². The number of hydrogen-bond donors (Lipinski definition) is 0. The number of rotatable bonds is 0. The van der Waals surface area contributed by atoms with Gasteiger partial charge in [-0.2, -0.15) is 5.24 Å². The van der Waals surface area contributed by atoms with Gasteiger partial charge < -0.3 is 12.2 Å². The molecule has 0 saturated carbocycles. The lowest BCUT2D eigenvalue weighted by molar-refractivity contribution is 0.793. The van der Waals surface area contributed by atoms with Crippen molar-refractivity contribution < 1.29 is 0 Å². The van der Waals surface area contributed by atoms with E-state index < -0.39 is 5.24 Å². The Balaban J connectivity index is 4.26. The molecule has 0 aromatic heterocycles. The molecule has 0 saturated heterocycles. The number of hydrogen-bond acceptors (Lipinski definition) is 2. The molecule has 0 radical (unpaired) electrons. The van der Waals surface area contributed by atoms with Crippen molar-refractivity contribution in [2.75, 3.05) is 6.66 Å². The standard InChI is InChI=1S/C5H13PS2/c1-5(2,3)6(4,7)8/h1-4H3,(H,7,8)/p-1. The van der Waals surface area contributed by atoms with Crippen LogP contribution in [0.15, 0.2) is 0 Å². The smallest absolute Gasteiger partial charge is 0.0296 e. The van der Waals surface area contributed by atoms with Crippen molar-refractivity contribution in [3.63, 3.8) is 0 Å². The predicted molar refractivity (Wildman–Crippen MR) is 47.3 cm³/mol. The van der Waals surface area contributed by atoms with Gasteiger partial charge in [0, 0.05) is 0 Å². The van der Waals surface area contributed by atoms with Crippen molar-refractivity contribution in [3.8, 4) is 0 Å². The van der Waals surface area contributed by atoms with E-state index >= 15 is 0 Å². The van der Waals surface area contributed by atoms with E-state index in [1.807, 2.05) is 6.66 Å². The van der Waals surface area contributed by atoms with Gasteiger partial charge in [-0.3, -0.25) is 0 Å². The summed E-state index contributed by atoms with van der Waals surface area (Å²) in [5.74, 6) is 0. The molecule has 1 unspecified atom stereocenters. The Morgan fingerprint density at radius 3 is 1.50 bits per heavy atom. The molecule has 50 valence electrons. The minimum absolute atomic E-state index is 0.178. The maximum absolute atomic E-state index is 5.15. The minimum atomic E-state index is -1.43. The molecule has 8 heavy (non-hydrogen) atoms. The van der Waals surface area contributed by atoms with Crippen molar-refractivity contribution in [3.05, 3.63) is 0 Å². The molecule has 0 bridgehead atoms. The molecule has 0 aromatic rings. The van der Waals surface area contributed by atoms with E-state index in [-0.39, 0.29) is 5.16 Å². The topological polar surface area (TPSA) is 0 Å². The first-order valence-corrected chi connectivity index (χ1v) is 6.80. The highest BCUT2D eigenvalue weighted by atomic mass is 32.9. The normalized spacial score (nSPS) is 20.1. The lowest BCUT2D eigenvalue weighted by Gasteiger charge is -2.38. The molecule has 3 heteroatoms. The molecule has 0 aliphatic heterocycles. The third kappa shape index (κ3) is 2.52. The summed E-state index contributed by atoms with van der Waals surface area (Å²) < 4.78 is 0. The van der Waals surface area contributed by atoms with Gasteiger partial charge in [-0.05, 0) is 5.16 Å². The summed E-state index contributed by atoms with van der Waals surface area (Å²) >= 11 is 10.3. The van der Waals surface area contributed by atoms with Crippen LogP contribution in [0.3, 0.4) is 0 Å². The fourth-order valence-electron chi connectivity index (χ4n) is 0. The van der Waals surface area contributed by atoms with Gasteiger partial charge in [0.1, 0.15) is 0 Å². The van der Waals surface area contributed by atoms with Crippen molar-refractivity contribution >= 4 is 29.3 Å². The summed E-state index contributed by atoms with van der Waals surface area (Å²) in [5, 5.41) is -1.25. The van der Waals surface area contributed by atoms with Crippen molar-refractivity contribution in [2.24, 2.45) is 0 Å². The molecule has 0 heterocycles. The van der Waals surface area contributed by atoms with Crippen molar-refractivity contribution in [1.82, 2.24) is 0 Å². The van der Waals surface area contributed by atoms with Crippen LogP contribution in [0.4, 0.5) is 0 Å². The van der Waals surface area contributed by atoms with E-state index in [0.29, 0.717) is 0 Å². The first-order valence-electron chi connectivity index (χ1n) is 2.54. The highest BCUT2D eigenvalue weighted by Gasteiger charge is 2.13. The van der Waals surface area contributed by atoms with Crippen LogP contribution < -0.4 is 0 Å². The second-order valence-electron chi connectivity index (χ2n) is 3.02. The maximum atomic E-state index is 5.15. The highest BCUT2D eigenvalue weighted by molar-refractivity contribution is 8.55. The Labute approximate surface area is 62.2 Å². The van der Waals surface area contributed by atoms with Crippen LogP contribution in [0.25, 0.3) is 0 Å². The van der Waals surface area contributed by atoms with Gasteiger partial charge in [-0.1, -0.05) is 27.4 Å². The second kappa shape index (κ2) is 2.32. The minimum Gasteiger partial charge on any atom is -0.746 e. The summed E-state index contributed by atoms with van der Waals surface area (Å²) in [4.78, 5) is 0. The average molecular weight is 167 g/mol. The molecule has 0 nitrogen and oxygen atoms in total. The second-order valence-corrected chi connectivity index (χ2v) is 11.1. The average Bonchev–Trinajstić information content (AvgIpc) is 1.25. The van der Waals surface area contributed by atoms with Crippen LogP contribution >= 0.6 is 5.24 Å². The first kappa shape index (κ1) is 9.00. The zero-order valence-corrected chi connectivity index (χ0v) is 8.29. The molecule has 0 aromatic carbocycles. The van der Waals surface area contributed by atoms with Gasteiger partial charge >= 0.3 is 0 Å². The predicted octanol–water partition coefficient (Wildman–Crippen LogP) is 2.36. The zero-order valence-electron chi connectivity index (χ0n) is 5.76. The van der Waals surface area contributed by atoms with Gasteiger partial charge in [0.25, 0.3) is 0 Å². The molecular weight excluding hydrogens is 155 g/mol. The summed E-state index contributed by atoms with van der Waals surface area (Å²) in [6.45, 7) is 8.35. The van der Waals surface area contributed by atoms with Crippen LogP contribution in [-0.2, 0) is 24.1 Å². The molecule has 0 spiro atoms. The molecule has 0 amide bonds. The summed E-state index contributed by atoms with van der Waals surface area (Å²) in [7, 11) is 0. The first-order chi connectivity index (χ1) is 3.25. The summed E-state index contributed by atoms with van der Waals surface area (Å²) in [6.07, 6.45) is 0. The molecular formula is C5H12PS2-. The van der Waals surface area contributed by atoms with Crippen molar-refractivity contribution in [1.29, 1.82) is 0 Å². The lowest BCUT2D eigenvalue weighted by atomic mass is 10.3. The Morgan fingerprint density at radius 1 is 1.38 bits per heavy atom. The van der Waals surface area contributed by atoms with Gasteiger partial charge in [-0.25, -0.2) is 0 Å². The van der Waals surface area contributed by atoms with E-state index in [9.17, 15) is 0 Å². The maximum Gasteiger partial charge on any atom is -0.0296 e. The zero-order chi connectivity index (χ0) is 7.00. The summed E-state index contributed by atoms with van der Waals surface area (Å²) in [6, 6.07) is 0. The lowest BCUT2D eigenvalue weighted by Crippen LogP contribution is -2.11. The monoisotopic (exact) mass is 167 g/mol. The van der Waals surface area contributed by atoms with Gasteiger partial charge in [0.2, 0.25) is 0 Å². The fourth-order valence-corrected chi connectivity index (χ4v) is 0. The third-order valence-electron chi connectivity index (χ3n) is 1.22. The van der Waals surface area contributed by atoms with E-state index in [2.05, 4.69) is 20.8 Å². The summed E-state index contributed by atoms with van der Waals surface area (Å²) in [5.41, 5.74) is 0. The van der Waals surface area contributed by atoms with Crippen LogP contribution in [0.5, 0.6) is 0 Å². The highest BCUT2D eigenvalue weighted by Crippen LogP contribution is 2.52.